The maximum absolute atomic E-state index is 11.6. The molecule has 3 aliphatic heterocycles. The van der Waals surface area contributed by atoms with E-state index >= 15 is 0 Å². The zero-order valence-corrected chi connectivity index (χ0v) is 30.0. The molecule has 0 aromatic rings. The lowest BCUT2D eigenvalue weighted by Crippen LogP contribution is -2.41. The predicted molar refractivity (Wildman–Crippen MR) is 184 cm³/mol. The number of methoxy groups -OCH3 is 3. The summed E-state index contributed by atoms with van der Waals surface area (Å²) in [5.41, 5.74) is 4.80. The maximum atomic E-state index is 11.6. The predicted octanol–water partition coefficient (Wildman–Crippen LogP) is 1.65. The molecular formula is C32H66N6O10. The molecule has 284 valence electrons. The number of hydrogen-bond acceptors (Lipinski definition) is 12. The second-order valence-corrected chi connectivity index (χ2v) is 13.4. The summed E-state index contributed by atoms with van der Waals surface area (Å²) in [4.78, 5) is 47.9. The summed E-state index contributed by atoms with van der Waals surface area (Å²) in [6.45, 7) is 17.9. The normalized spacial score (nSPS) is 20.4. The minimum atomic E-state index is -0.933. The summed E-state index contributed by atoms with van der Waals surface area (Å²) in [5.74, 6) is -0.983. The standard InChI is InChI=1S/C12H22N2O4.C9H18N2O2.C7H16N2O.C3H6O3.CH4/c1-12(2,3)18-11(16)13-9-5-6-14(7-9)10(15)8-17-4;1-9(2,3)13-8(12)11-7-4-5-10-6-7;1-10-5-4-9-3-2-7(8)6-9;1-6-2-3(4)5;/h9H,5-8H2,1-4H3,(H,13,16);7,10H,4-6H2,1-3H3,(H,11,12);7H,2-6,8H2,1H3;2H2,1H3,(H,4,5);1H4. The van der Waals surface area contributed by atoms with Crippen molar-refractivity contribution in [2.75, 3.05) is 87.0 Å². The topological polar surface area (TPSA) is 203 Å². The van der Waals surface area contributed by atoms with Crippen molar-refractivity contribution in [3.05, 3.63) is 0 Å². The maximum Gasteiger partial charge on any atom is 0.407 e. The molecule has 0 aliphatic carbocycles. The molecule has 0 aromatic heterocycles. The van der Waals surface area contributed by atoms with Crippen LogP contribution >= 0.6 is 0 Å². The number of likely N-dealkylation sites (tertiary alicyclic amines) is 2. The monoisotopic (exact) mass is 694 g/mol. The molecule has 16 heteroatoms. The Bertz CT molecular complexity index is 907. The van der Waals surface area contributed by atoms with Gasteiger partial charge < -0.3 is 55.4 Å². The molecule has 3 atom stereocenters. The third-order valence-corrected chi connectivity index (χ3v) is 6.50. The molecule has 3 saturated heterocycles. The van der Waals surface area contributed by atoms with Crippen LogP contribution in [0.3, 0.4) is 0 Å². The van der Waals surface area contributed by atoms with Crippen molar-refractivity contribution in [2.24, 2.45) is 5.73 Å². The average molecular weight is 695 g/mol. The highest BCUT2D eigenvalue weighted by atomic mass is 16.6. The van der Waals surface area contributed by atoms with Crippen LogP contribution in [0, 0.1) is 0 Å². The van der Waals surface area contributed by atoms with Crippen LogP contribution in [0.4, 0.5) is 9.59 Å². The lowest BCUT2D eigenvalue weighted by atomic mass is 10.2. The lowest BCUT2D eigenvalue weighted by Gasteiger charge is -2.22. The van der Waals surface area contributed by atoms with Crippen molar-refractivity contribution in [3.8, 4) is 0 Å². The van der Waals surface area contributed by atoms with E-state index in [1.54, 1.807) is 12.0 Å². The van der Waals surface area contributed by atoms with Gasteiger partial charge in [-0.3, -0.25) is 9.69 Å². The molecule has 6 N–H and O–H groups in total. The Labute approximate surface area is 288 Å². The van der Waals surface area contributed by atoms with Gasteiger partial charge >= 0.3 is 18.2 Å². The van der Waals surface area contributed by atoms with Crippen molar-refractivity contribution in [1.29, 1.82) is 0 Å². The summed E-state index contributed by atoms with van der Waals surface area (Å²) >= 11 is 0. The zero-order valence-electron chi connectivity index (χ0n) is 30.0. The third-order valence-electron chi connectivity index (χ3n) is 6.50. The van der Waals surface area contributed by atoms with Gasteiger partial charge in [0.15, 0.2) is 0 Å². The molecule has 48 heavy (non-hydrogen) atoms. The summed E-state index contributed by atoms with van der Waals surface area (Å²) in [7, 11) is 4.56. The van der Waals surface area contributed by atoms with Crippen LogP contribution in [0.15, 0.2) is 0 Å². The number of nitrogens with zero attached hydrogens (tertiary/aromatic N) is 2. The van der Waals surface area contributed by atoms with Crippen molar-refractivity contribution in [2.45, 2.75) is 97.6 Å². The largest absolute Gasteiger partial charge is 0.480 e. The van der Waals surface area contributed by atoms with E-state index in [0.29, 0.717) is 19.1 Å². The summed E-state index contributed by atoms with van der Waals surface area (Å²) in [5, 5.41) is 16.5. The number of hydrogen-bond donors (Lipinski definition) is 5. The summed E-state index contributed by atoms with van der Waals surface area (Å²) < 4.78 is 24.2. The van der Waals surface area contributed by atoms with Crippen LogP contribution in [0.5, 0.6) is 0 Å². The first-order valence-corrected chi connectivity index (χ1v) is 16.0. The van der Waals surface area contributed by atoms with E-state index in [-0.39, 0.29) is 44.7 Å². The van der Waals surface area contributed by atoms with Gasteiger partial charge in [-0.15, -0.1) is 0 Å². The highest BCUT2D eigenvalue weighted by Crippen LogP contribution is 2.12. The number of carboxylic acid groups (broad SMARTS) is 1. The fourth-order valence-electron chi connectivity index (χ4n) is 4.46. The van der Waals surface area contributed by atoms with Gasteiger partial charge in [0.2, 0.25) is 5.91 Å². The number of rotatable bonds is 9. The second-order valence-electron chi connectivity index (χ2n) is 13.4. The molecule has 0 radical (unpaired) electrons. The molecule has 16 nitrogen and oxygen atoms in total. The molecule has 0 spiro atoms. The number of aliphatic carboxylic acids is 1. The lowest BCUT2D eigenvalue weighted by molar-refractivity contribution is -0.141. The van der Waals surface area contributed by atoms with E-state index in [1.807, 2.05) is 41.5 Å². The van der Waals surface area contributed by atoms with Crippen LogP contribution in [-0.2, 0) is 33.3 Å². The van der Waals surface area contributed by atoms with Crippen LogP contribution in [0.1, 0.15) is 68.2 Å². The molecule has 3 amide bonds. The molecule has 0 saturated carbocycles. The number of ether oxygens (including phenoxy) is 5. The van der Waals surface area contributed by atoms with Crippen molar-refractivity contribution >= 4 is 24.1 Å². The van der Waals surface area contributed by atoms with Crippen molar-refractivity contribution in [1.82, 2.24) is 25.8 Å². The van der Waals surface area contributed by atoms with Crippen molar-refractivity contribution < 1.29 is 48.0 Å². The highest BCUT2D eigenvalue weighted by molar-refractivity contribution is 5.78. The first-order chi connectivity index (χ1) is 21.9. The van der Waals surface area contributed by atoms with E-state index in [0.717, 1.165) is 58.6 Å². The number of amides is 3. The van der Waals surface area contributed by atoms with E-state index in [1.165, 1.54) is 14.2 Å². The van der Waals surface area contributed by atoms with Gasteiger partial charge in [-0.2, -0.15) is 0 Å². The van der Waals surface area contributed by atoms with Gasteiger partial charge in [-0.05, 0) is 73.9 Å². The Morgan fingerprint density at radius 2 is 1.38 bits per heavy atom. The Kier molecular flexibility index (Phi) is 24.9. The number of carbonyl (C=O) groups excluding carboxylic acids is 3. The Morgan fingerprint density at radius 3 is 1.77 bits per heavy atom. The quantitative estimate of drug-likeness (QED) is 0.233. The van der Waals surface area contributed by atoms with Crippen LogP contribution in [0.2, 0.25) is 0 Å². The number of alkyl carbamates (subject to hydrolysis) is 2. The fraction of sp³-hybridized carbons (Fsp3) is 0.875. The van der Waals surface area contributed by atoms with Gasteiger partial charge in [0, 0.05) is 66.1 Å². The van der Waals surface area contributed by atoms with Crippen LogP contribution in [0.25, 0.3) is 0 Å². The highest BCUT2D eigenvalue weighted by Gasteiger charge is 2.28. The number of carboxylic acids is 1. The van der Waals surface area contributed by atoms with Crippen LogP contribution < -0.4 is 21.7 Å². The van der Waals surface area contributed by atoms with E-state index in [9.17, 15) is 19.2 Å². The van der Waals surface area contributed by atoms with Gasteiger partial charge in [-0.1, -0.05) is 7.43 Å². The molecule has 3 fully saturated rings. The minimum Gasteiger partial charge on any atom is -0.480 e. The molecule has 3 aliphatic rings. The SMILES string of the molecule is C.CC(C)(C)OC(=O)NC1CCNC1.COCC(=O)N1CCC(NC(=O)OC(C)(C)C)C1.COCC(=O)O.COCCN1CCC(N)C1. The smallest absolute Gasteiger partial charge is 0.407 e. The zero-order chi connectivity index (χ0) is 36.0. The minimum absolute atomic E-state index is 0. The Balaban J connectivity index is 0. The first-order valence-electron chi connectivity index (χ1n) is 16.0. The average Bonchev–Trinajstić information content (AvgIpc) is 3.70. The van der Waals surface area contributed by atoms with E-state index in [4.69, 9.17) is 29.8 Å². The third kappa shape index (κ3) is 26.2. The molecule has 3 rings (SSSR count). The first kappa shape index (κ1) is 47.4. The van der Waals surface area contributed by atoms with Gasteiger partial charge in [0.25, 0.3) is 0 Å². The second kappa shape index (κ2) is 25.2. The number of nitrogens with two attached hydrogens (primary N) is 1. The molecule has 0 bridgehead atoms. The summed E-state index contributed by atoms with van der Waals surface area (Å²) in [6, 6.07) is 0.590. The fourth-order valence-corrected chi connectivity index (χ4v) is 4.46. The summed E-state index contributed by atoms with van der Waals surface area (Å²) in [6.07, 6.45) is 2.12. The van der Waals surface area contributed by atoms with Crippen molar-refractivity contribution in [3.63, 3.8) is 0 Å². The Hall–Kier alpha value is -2.76. The van der Waals surface area contributed by atoms with Gasteiger partial charge in [0.05, 0.1) is 12.6 Å². The van der Waals surface area contributed by atoms with Gasteiger partial charge in [-0.25, -0.2) is 14.4 Å². The van der Waals surface area contributed by atoms with Crippen LogP contribution in [-0.4, -0.2) is 155 Å². The van der Waals surface area contributed by atoms with E-state index < -0.39 is 23.3 Å². The molecule has 3 heterocycles. The number of nitrogens with one attached hydrogen (secondary N) is 3. The van der Waals surface area contributed by atoms with Gasteiger partial charge in [0.1, 0.15) is 24.4 Å². The molecule has 3 unspecified atom stereocenters. The molecular weight excluding hydrogens is 628 g/mol. The Morgan fingerprint density at radius 1 is 0.812 bits per heavy atom. The van der Waals surface area contributed by atoms with E-state index in [2.05, 4.69) is 25.6 Å². The number of carbonyl (C=O) groups is 4. The molecule has 0 aromatic carbocycles.